The lowest BCUT2D eigenvalue weighted by atomic mass is 9.99. The van der Waals surface area contributed by atoms with Gasteiger partial charge in [-0.25, -0.2) is 8.42 Å². The Morgan fingerprint density at radius 2 is 1.43 bits per heavy atom. The molecule has 0 amide bonds. The summed E-state index contributed by atoms with van der Waals surface area (Å²) >= 11 is 0. The molecule has 0 aliphatic heterocycles. The number of aliphatic hydroxyl groups is 1. The van der Waals surface area contributed by atoms with Crippen LogP contribution in [0, 0.1) is 0 Å². The van der Waals surface area contributed by atoms with E-state index in [-0.39, 0.29) is 11.5 Å². The summed E-state index contributed by atoms with van der Waals surface area (Å²) in [6.07, 6.45) is 0.353. The highest BCUT2D eigenvalue weighted by atomic mass is 32.2. The number of benzene rings is 5. The van der Waals surface area contributed by atoms with Gasteiger partial charge in [0.1, 0.15) is 36.2 Å². The zero-order valence-corrected chi connectivity index (χ0v) is 24.2. The molecule has 0 radical (unpaired) electrons. The van der Waals surface area contributed by atoms with Crippen molar-refractivity contribution in [2.75, 3.05) is 19.5 Å². The molecule has 1 N–H and O–H groups in total. The quantitative estimate of drug-likeness (QED) is 0.125. The lowest BCUT2D eigenvalue weighted by molar-refractivity contribution is -0.0913. The van der Waals surface area contributed by atoms with Gasteiger partial charge in [0.25, 0.3) is 0 Å². The van der Waals surface area contributed by atoms with Crippen molar-refractivity contribution in [2.24, 2.45) is 0 Å². The highest BCUT2D eigenvalue weighted by Crippen LogP contribution is 2.41. The van der Waals surface area contributed by atoms with Crippen LogP contribution in [0.3, 0.4) is 0 Å². The molecule has 7 nitrogen and oxygen atoms in total. The Hall–Kier alpha value is -4.37. The van der Waals surface area contributed by atoms with Crippen LogP contribution in [-0.2, 0) is 21.2 Å². The van der Waals surface area contributed by atoms with Gasteiger partial charge in [-0.3, -0.25) is 0 Å². The third kappa shape index (κ3) is 7.47. The average molecular weight is 585 g/mol. The standard InChI is InChI=1S/C34H32O7S/c1-24(35)38-20-21-39-28-11-13-29(14-12-28)41-34-32(26-8-16-31(17-9-26)42(2,36)37)18-10-27-22-30(15-19-33(27)34)40-23-25-6-4-3-5-7-25/h3-19,22,24,35H,20-21,23H2,1-2H3. The molecule has 0 heterocycles. The highest BCUT2D eigenvalue weighted by Gasteiger charge is 2.15. The van der Waals surface area contributed by atoms with Crippen molar-refractivity contribution in [2.45, 2.75) is 24.7 Å². The summed E-state index contributed by atoms with van der Waals surface area (Å²) in [4.78, 5) is 0.254. The van der Waals surface area contributed by atoms with Crippen LogP contribution in [0.25, 0.3) is 21.9 Å². The molecule has 216 valence electrons. The van der Waals surface area contributed by atoms with Crippen LogP contribution in [0.2, 0.25) is 0 Å². The summed E-state index contributed by atoms with van der Waals surface area (Å²) < 4.78 is 47.3. The first-order valence-electron chi connectivity index (χ1n) is 13.5. The molecule has 42 heavy (non-hydrogen) atoms. The zero-order chi connectivity index (χ0) is 29.5. The SMILES string of the molecule is CC(O)OCCOc1ccc(Oc2c(-c3ccc(S(C)(=O)=O)cc3)ccc3cc(OCc4ccccc4)ccc23)cc1. The van der Waals surface area contributed by atoms with Gasteiger partial charge in [-0.1, -0.05) is 48.5 Å². The van der Waals surface area contributed by atoms with Gasteiger partial charge in [0.2, 0.25) is 0 Å². The number of ether oxygens (including phenoxy) is 4. The van der Waals surface area contributed by atoms with Gasteiger partial charge < -0.3 is 24.1 Å². The number of fused-ring (bicyclic) bond motifs is 1. The molecule has 1 atom stereocenters. The van der Waals surface area contributed by atoms with Gasteiger partial charge in [-0.05, 0) is 84.1 Å². The average Bonchev–Trinajstić information content (AvgIpc) is 2.99. The summed E-state index contributed by atoms with van der Waals surface area (Å²) in [5.74, 6) is 2.62. The van der Waals surface area contributed by atoms with Gasteiger partial charge in [0.05, 0.1) is 11.5 Å². The molecule has 5 aromatic carbocycles. The smallest absolute Gasteiger partial charge is 0.175 e. The van der Waals surface area contributed by atoms with Crippen molar-refractivity contribution in [3.63, 3.8) is 0 Å². The van der Waals surface area contributed by atoms with E-state index in [2.05, 4.69) is 0 Å². The fourth-order valence-electron chi connectivity index (χ4n) is 4.43. The maximum Gasteiger partial charge on any atom is 0.175 e. The Labute approximate surface area is 245 Å². The summed E-state index contributed by atoms with van der Waals surface area (Å²) in [7, 11) is -3.32. The molecule has 0 spiro atoms. The van der Waals surface area contributed by atoms with E-state index < -0.39 is 16.1 Å². The largest absolute Gasteiger partial charge is 0.491 e. The van der Waals surface area contributed by atoms with Crippen LogP contribution in [0.5, 0.6) is 23.0 Å². The van der Waals surface area contributed by atoms with Crippen molar-refractivity contribution < 1.29 is 32.5 Å². The molecule has 0 aliphatic carbocycles. The Balaban J connectivity index is 1.45. The molecule has 1 unspecified atom stereocenters. The summed E-state index contributed by atoms with van der Waals surface area (Å²) in [6.45, 7) is 2.58. The number of hydrogen-bond donors (Lipinski definition) is 1. The van der Waals surface area contributed by atoms with Crippen LogP contribution < -0.4 is 14.2 Å². The van der Waals surface area contributed by atoms with Crippen molar-refractivity contribution >= 4 is 20.6 Å². The lowest BCUT2D eigenvalue weighted by Crippen LogP contribution is -2.13. The number of sulfone groups is 1. The molecule has 0 aromatic heterocycles. The second-order valence-corrected chi connectivity index (χ2v) is 11.8. The first-order valence-corrected chi connectivity index (χ1v) is 15.4. The monoisotopic (exact) mass is 584 g/mol. The van der Waals surface area contributed by atoms with Gasteiger partial charge in [-0.2, -0.15) is 0 Å². The Morgan fingerprint density at radius 1 is 0.738 bits per heavy atom. The highest BCUT2D eigenvalue weighted by molar-refractivity contribution is 7.90. The Bertz CT molecular complexity index is 1730. The number of aliphatic hydroxyl groups excluding tert-OH is 1. The van der Waals surface area contributed by atoms with Crippen LogP contribution in [0.4, 0.5) is 0 Å². The third-order valence-corrected chi connectivity index (χ3v) is 7.67. The summed E-state index contributed by atoms with van der Waals surface area (Å²) in [6, 6.07) is 33.8. The first-order chi connectivity index (χ1) is 20.3. The fraction of sp³-hybridized carbons (Fsp3) is 0.176. The van der Waals surface area contributed by atoms with Gasteiger partial charge >= 0.3 is 0 Å². The van der Waals surface area contributed by atoms with Crippen molar-refractivity contribution in [1.82, 2.24) is 0 Å². The second kappa shape index (κ2) is 13.1. The van der Waals surface area contributed by atoms with Crippen LogP contribution in [0.1, 0.15) is 12.5 Å². The maximum atomic E-state index is 12.0. The minimum Gasteiger partial charge on any atom is -0.491 e. The second-order valence-electron chi connectivity index (χ2n) is 9.79. The topological polar surface area (TPSA) is 91.3 Å². The maximum absolute atomic E-state index is 12.0. The van der Waals surface area contributed by atoms with Crippen molar-refractivity contribution in [1.29, 1.82) is 0 Å². The van der Waals surface area contributed by atoms with Crippen molar-refractivity contribution in [3.8, 4) is 34.1 Å². The van der Waals surface area contributed by atoms with E-state index >= 15 is 0 Å². The predicted octanol–water partition coefficient (Wildman–Crippen LogP) is 7.02. The summed E-state index contributed by atoms with van der Waals surface area (Å²) in [5.41, 5.74) is 2.72. The fourth-order valence-corrected chi connectivity index (χ4v) is 5.06. The van der Waals surface area contributed by atoms with Crippen molar-refractivity contribution in [3.05, 3.63) is 115 Å². The molecule has 0 saturated heterocycles. The zero-order valence-electron chi connectivity index (χ0n) is 23.4. The molecule has 0 bridgehead atoms. The minimum atomic E-state index is -3.32. The molecule has 0 saturated carbocycles. The molecular weight excluding hydrogens is 552 g/mol. The van der Waals surface area contributed by atoms with Crippen LogP contribution in [0.15, 0.2) is 114 Å². The normalized spacial score (nSPS) is 12.2. The molecule has 0 fully saturated rings. The van der Waals surface area contributed by atoms with Crippen LogP contribution in [-0.4, -0.2) is 39.3 Å². The molecular formula is C34H32O7S. The van der Waals surface area contributed by atoms with E-state index in [4.69, 9.17) is 18.9 Å². The van der Waals surface area contributed by atoms with E-state index in [1.165, 1.54) is 6.26 Å². The lowest BCUT2D eigenvalue weighted by Gasteiger charge is -2.16. The minimum absolute atomic E-state index is 0.254. The third-order valence-electron chi connectivity index (χ3n) is 6.54. The number of hydrogen-bond acceptors (Lipinski definition) is 7. The van der Waals surface area contributed by atoms with E-state index in [1.54, 1.807) is 43.3 Å². The van der Waals surface area contributed by atoms with Gasteiger partial charge in [0, 0.05) is 17.2 Å². The molecule has 5 aromatic rings. The van der Waals surface area contributed by atoms with E-state index in [1.807, 2.05) is 72.8 Å². The van der Waals surface area contributed by atoms with Crippen LogP contribution >= 0.6 is 0 Å². The first kappa shape index (κ1) is 29.1. The Morgan fingerprint density at radius 3 is 2.12 bits per heavy atom. The number of rotatable bonds is 12. The Kier molecular flexibility index (Phi) is 9.07. The molecule has 5 rings (SSSR count). The summed E-state index contributed by atoms with van der Waals surface area (Å²) in [5, 5.41) is 11.0. The van der Waals surface area contributed by atoms with Gasteiger partial charge in [0.15, 0.2) is 16.1 Å². The van der Waals surface area contributed by atoms with E-state index in [0.717, 1.165) is 33.2 Å². The van der Waals surface area contributed by atoms with E-state index in [0.29, 0.717) is 30.5 Å². The molecule has 8 heteroatoms. The van der Waals surface area contributed by atoms with E-state index in [9.17, 15) is 13.5 Å². The predicted molar refractivity (Wildman–Crippen MR) is 163 cm³/mol. The molecule has 0 aliphatic rings. The van der Waals surface area contributed by atoms with Gasteiger partial charge in [-0.15, -0.1) is 0 Å².